The van der Waals surface area contributed by atoms with Crippen LogP contribution in [-0.2, 0) is 6.42 Å². The molecule has 2 rings (SSSR count). The summed E-state index contributed by atoms with van der Waals surface area (Å²) in [7, 11) is 1.97. The zero-order valence-electron chi connectivity index (χ0n) is 10.8. The average molecular weight is 264 g/mol. The van der Waals surface area contributed by atoms with Crippen molar-refractivity contribution in [3.05, 3.63) is 46.7 Å². The number of aryl methyl sites for hydroxylation is 2. The van der Waals surface area contributed by atoms with E-state index in [9.17, 15) is 0 Å². The Hall–Kier alpha value is -1.32. The lowest BCUT2D eigenvalue weighted by atomic mass is 10.2. The summed E-state index contributed by atoms with van der Waals surface area (Å²) in [5, 5.41) is 8.30. The summed E-state index contributed by atoms with van der Waals surface area (Å²) in [5.74, 6) is 0. The molecule has 0 saturated carbocycles. The molecular formula is C14H18ClN3. The van der Waals surface area contributed by atoms with Crippen LogP contribution in [0.4, 0.5) is 0 Å². The fourth-order valence-electron chi connectivity index (χ4n) is 1.82. The van der Waals surface area contributed by atoms with Gasteiger partial charge in [-0.25, -0.2) is 4.68 Å². The molecule has 0 fully saturated rings. The number of nitrogens with zero attached hydrogens (tertiary/aromatic N) is 2. The number of aromatic nitrogens is 2. The zero-order valence-corrected chi connectivity index (χ0v) is 11.5. The van der Waals surface area contributed by atoms with Crippen LogP contribution in [0.5, 0.6) is 0 Å². The van der Waals surface area contributed by atoms with Gasteiger partial charge < -0.3 is 5.32 Å². The minimum absolute atomic E-state index is 0.778. The fourth-order valence-corrected chi connectivity index (χ4v) is 2.00. The van der Waals surface area contributed by atoms with Crippen molar-refractivity contribution < 1.29 is 0 Å². The molecule has 0 aliphatic rings. The quantitative estimate of drug-likeness (QED) is 0.841. The van der Waals surface area contributed by atoms with Gasteiger partial charge in [-0.1, -0.05) is 17.7 Å². The lowest BCUT2D eigenvalue weighted by Crippen LogP contribution is -2.08. The molecule has 96 valence electrons. The standard InChI is InChI=1S/C14H18ClN3/c1-11-5-6-13(8-14(11)15)18-10-12(9-17-18)4-3-7-16-2/h5-6,8-10,16H,3-4,7H2,1-2H3. The Morgan fingerprint density at radius 2 is 2.22 bits per heavy atom. The first-order valence-electron chi connectivity index (χ1n) is 6.15. The van der Waals surface area contributed by atoms with Gasteiger partial charge in [0, 0.05) is 11.2 Å². The highest BCUT2D eigenvalue weighted by Gasteiger charge is 2.03. The van der Waals surface area contributed by atoms with E-state index in [4.69, 9.17) is 11.6 Å². The minimum Gasteiger partial charge on any atom is -0.320 e. The molecule has 0 unspecified atom stereocenters. The highest BCUT2D eigenvalue weighted by Crippen LogP contribution is 2.19. The second-order valence-corrected chi connectivity index (χ2v) is 4.84. The van der Waals surface area contributed by atoms with Gasteiger partial charge >= 0.3 is 0 Å². The van der Waals surface area contributed by atoms with Crippen molar-refractivity contribution in [2.45, 2.75) is 19.8 Å². The largest absolute Gasteiger partial charge is 0.320 e. The lowest BCUT2D eigenvalue weighted by molar-refractivity contribution is 0.724. The molecule has 0 aliphatic carbocycles. The maximum absolute atomic E-state index is 6.12. The molecule has 1 aromatic heterocycles. The summed E-state index contributed by atoms with van der Waals surface area (Å²) in [4.78, 5) is 0. The van der Waals surface area contributed by atoms with Gasteiger partial charge in [-0.3, -0.25) is 0 Å². The van der Waals surface area contributed by atoms with E-state index in [0.717, 1.165) is 35.7 Å². The number of benzene rings is 1. The normalized spacial score (nSPS) is 10.8. The molecule has 0 saturated heterocycles. The van der Waals surface area contributed by atoms with Gasteiger partial charge in [0.25, 0.3) is 0 Å². The SMILES string of the molecule is CNCCCc1cnn(-c2ccc(C)c(Cl)c2)c1. The molecule has 4 heteroatoms. The Kier molecular flexibility index (Phi) is 4.39. The van der Waals surface area contributed by atoms with E-state index in [-0.39, 0.29) is 0 Å². The molecule has 1 heterocycles. The predicted molar refractivity (Wildman–Crippen MR) is 75.6 cm³/mol. The van der Waals surface area contributed by atoms with Crippen molar-refractivity contribution in [1.29, 1.82) is 0 Å². The molecule has 0 spiro atoms. The lowest BCUT2D eigenvalue weighted by Gasteiger charge is -2.03. The van der Waals surface area contributed by atoms with Crippen LogP contribution >= 0.6 is 11.6 Å². The second kappa shape index (κ2) is 6.03. The summed E-state index contributed by atoms with van der Waals surface area (Å²) in [6.45, 7) is 3.03. The molecule has 0 aliphatic heterocycles. The van der Waals surface area contributed by atoms with Gasteiger partial charge in [0.1, 0.15) is 0 Å². The third-order valence-electron chi connectivity index (χ3n) is 2.95. The zero-order chi connectivity index (χ0) is 13.0. The van der Waals surface area contributed by atoms with E-state index in [1.54, 1.807) is 0 Å². The van der Waals surface area contributed by atoms with Crippen LogP contribution in [0.1, 0.15) is 17.5 Å². The van der Waals surface area contributed by atoms with Crippen molar-refractivity contribution in [3.8, 4) is 5.69 Å². The van der Waals surface area contributed by atoms with Crippen molar-refractivity contribution in [1.82, 2.24) is 15.1 Å². The van der Waals surface area contributed by atoms with Crippen LogP contribution in [0.15, 0.2) is 30.6 Å². The van der Waals surface area contributed by atoms with Gasteiger partial charge in [0.05, 0.1) is 11.9 Å². The summed E-state index contributed by atoms with van der Waals surface area (Å²) in [6, 6.07) is 5.99. The number of rotatable bonds is 5. The number of nitrogens with one attached hydrogen (secondary N) is 1. The van der Waals surface area contributed by atoms with Gasteiger partial charge in [-0.15, -0.1) is 0 Å². The van der Waals surface area contributed by atoms with Gasteiger partial charge in [0.15, 0.2) is 0 Å². The highest BCUT2D eigenvalue weighted by molar-refractivity contribution is 6.31. The number of halogens is 1. The summed E-state index contributed by atoms with van der Waals surface area (Å²) in [6.07, 6.45) is 6.15. The van der Waals surface area contributed by atoms with Crippen LogP contribution in [0.3, 0.4) is 0 Å². The van der Waals surface area contributed by atoms with Gasteiger partial charge in [0.2, 0.25) is 0 Å². The topological polar surface area (TPSA) is 29.9 Å². The molecule has 1 aromatic carbocycles. The van der Waals surface area contributed by atoms with Crippen molar-refractivity contribution in [2.24, 2.45) is 0 Å². The maximum atomic E-state index is 6.12. The third-order valence-corrected chi connectivity index (χ3v) is 3.36. The first-order valence-corrected chi connectivity index (χ1v) is 6.53. The van der Waals surface area contributed by atoms with Gasteiger partial charge in [-0.2, -0.15) is 5.10 Å². The third kappa shape index (κ3) is 3.12. The summed E-state index contributed by atoms with van der Waals surface area (Å²) in [5.41, 5.74) is 3.34. The Bertz CT molecular complexity index is 520. The van der Waals surface area contributed by atoms with E-state index in [0.29, 0.717) is 0 Å². The molecular weight excluding hydrogens is 246 g/mol. The van der Waals surface area contributed by atoms with Crippen LogP contribution in [0, 0.1) is 6.92 Å². The molecule has 0 bridgehead atoms. The summed E-state index contributed by atoms with van der Waals surface area (Å²) < 4.78 is 1.88. The Morgan fingerprint density at radius 3 is 2.94 bits per heavy atom. The predicted octanol–water partition coefficient (Wildman–Crippen LogP) is 2.99. The minimum atomic E-state index is 0.778. The second-order valence-electron chi connectivity index (χ2n) is 4.43. The first-order chi connectivity index (χ1) is 8.70. The molecule has 2 aromatic rings. The molecule has 0 radical (unpaired) electrons. The number of hydrogen-bond donors (Lipinski definition) is 1. The van der Waals surface area contributed by atoms with Gasteiger partial charge in [-0.05, 0) is 56.6 Å². The highest BCUT2D eigenvalue weighted by atomic mass is 35.5. The van der Waals surface area contributed by atoms with Crippen molar-refractivity contribution >= 4 is 11.6 Å². The fraction of sp³-hybridized carbons (Fsp3) is 0.357. The molecule has 0 amide bonds. The Labute approximate surface area is 113 Å². The van der Waals surface area contributed by atoms with Crippen molar-refractivity contribution in [2.75, 3.05) is 13.6 Å². The van der Waals surface area contributed by atoms with E-state index >= 15 is 0 Å². The monoisotopic (exact) mass is 263 g/mol. The van der Waals surface area contributed by atoms with E-state index < -0.39 is 0 Å². The Morgan fingerprint density at radius 1 is 1.39 bits per heavy atom. The first kappa shape index (κ1) is 13.1. The van der Waals surface area contributed by atoms with Crippen molar-refractivity contribution in [3.63, 3.8) is 0 Å². The Balaban J connectivity index is 2.11. The van der Waals surface area contributed by atoms with E-state index in [1.807, 2.05) is 43.0 Å². The van der Waals surface area contributed by atoms with E-state index in [2.05, 4.69) is 16.6 Å². The van der Waals surface area contributed by atoms with Crippen LogP contribution in [0.25, 0.3) is 5.69 Å². The molecule has 3 nitrogen and oxygen atoms in total. The number of hydrogen-bond acceptors (Lipinski definition) is 2. The van der Waals surface area contributed by atoms with Crippen LogP contribution < -0.4 is 5.32 Å². The maximum Gasteiger partial charge on any atom is 0.0660 e. The molecule has 1 N–H and O–H groups in total. The smallest absolute Gasteiger partial charge is 0.0660 e. The molecule has 18 heavy (non-hydrogen) atoms. The van der Waals surface area contributed by atoms with Crippen LogP contribution in [0.2, 0.25) is 5.02 Å². The van der Waals surface area contributed by atoms with Crippen LogP contribution in [-0.4, -0.2) is 23.4 Å². The molecule has 0 atom stereocenters. The van der Waals surface area contributed by atoms with E-state index in [1.165, 1.54) is 5.56 Å². The average Bonchev–Trinajstić information content (AvgIpc) is 2.82. The summed E-state index contributed by atoms with van der Waals surface area (Å²) >= 11 is 6.12.